The first-order valence-corrected chi connectivity index (χ1v) is 5.23. The summed E-state index contributed by atoms with van der Waals surface area (Å²) in [7, 11) is 0. The summed E-state index contributed by atoms with van der Waals surface area (Å²) in [5.41, 5.74) is 4.92. The number of carboxylic acids is 1. The zero-order chi connectivity index (χ0) is 16.8. The van der Waals surface area contributed by atoms with Crippen LogP contribution in [-0.4, -0.2) is 29.0 Å². The molecule has 0 bridgehead atoms. The number of aliphatic carboxylic acids is 1. The van der Waals surface area contributed by atoms with Gasteiger partial charge in [-0.15, -0.1) is 0 Å². The monoisotopic (exact) mass is 319 g/mol. The number of aliphatic hydroxyl groups is 1. The molecule has 0 aromatic heterocycles. The highest BCUT2D eigenvalue weighted by atomic mass is 19.4. The molecular formula is C11H11F6NO3. The van der Waals surface area contributed by atoms with Gasteiger partial charge in [0.25, 0.3) is 0 Å². The van der Waals surface area contributed by atoms with Crippen LogP contribution in [-0.2, 0) is 11.0 Å². The SMILES string of the molecule is NC(CO)c1cccc(C(F)(F)F)c1.O=C(O)C(F)(F)F. The highest BCUT2D eigenvalue weighted by molar-refractivity contribution is 5.73. The Morgan fingerprint density at radius 3 is 2.00 bits per heavy atom. The van der Waals surface area contributed by atoms with Crippen molar-refractivity contribution in [1.82, 2.24) is 0 Å². The maximum Gasteiger partial charge on any atom is 0.490 e. The molecule has 0 fully saturated rings. The molecule has 4 nitrogen and oxygen atoms in total. The van der Waals surface area contributed by atoms with Gasteiger partial charge in [-0.3, -0.25) is 0 Å². The zero-order valence-electron chi connectivity index (χ0n) is 10.2. The van der Waals surface area contributed by atoms with Crippen molar-refractivity contribution in [3.05, 3.63) is 35.4 Å². The average molecular weight is 319 g/mol. The van der Waals surface area contributed by atoms with E-state index in [1.165, 1.54) is 12.1 Å². The molecule has 1 atom stereocenters. The van der Waals surface area contributed by atoms with E-state index >= 15 is 0 Å². The van der Waals surface area contributed by atoms with Crippen molar-refractivity contribution in [2.45, 2.75) is 18.4 Å². The van der Waals surface area contributed by atoms with E-state index in [1.807, 2.05) is 0 Å². The third-order valence-corrected chi connectivity index (χ3v) is 2.08. The minimum atomic E-state index is -5.08. The average Bonchev–Trinajstić information content (AvgIpc) is 2.36. The Labute approximate surface area is 114 Å². The maximum atomic E-state index is 12.2. The predicted octanol–water partition coefficient (Wildman–Crippen LogP) is 2.33. The molecule has 0 saturated carbocycles. The van der Waals surface area contributed by atoms with E-state index in [2.05, 4.69) is 0 Å². The molecular weight excluding hydrogens is 308 g/mol. The summed E-state index contributed by atoms with van der Waals surface area (Å²) >= 11 is 0. The Balaban J connectivity index is 0.000000486. The topological polar surface area (TPSA) is 83.5 Å². The third-order valence-electron chi connectivity index (χ3n) is 2.08. The van der Waals surface area contributed by atoms with Crippen LogP contribution >= 0.6 is 0 Å². The van der Waals surface area contributed by atoms with Gasteiger partial charge in [0.1, 0.15) is 0 Å². The van der Waals surface area contributed by atoms with E-state index in [9.17, 15) is 26.3 Å². The van der Waals surface area contributed by atoms with E-state index in [-0.39, 0.29) is 12.2 Å². The fourth-order valence-corrected chi connectivity index (χ4v) is 1.05. The van der Waals surface area contributed by atoms with Gasteiger partial charge in [-0.1, -0.05) is 12.1 Å². The van der Waals surface area contributed by atoms with Gasteiger partial charge in [0, 0.05) is 0 Å². The number of nitrogens with two attached hydrogens (primary N) is 1. The molecule has 0 radical (unpaired) electrons. The number of hydrogen-bond acceptors (Lipinski definition) is 3. The van der Waals surface area contributed by atoms with Crippen LogP contribution in [0.15, 0.2) is 24.3 Å². The van der Waals surface area contributed by atoms with E-state index < -0.39 is 29.9 Å². The number of carbonyl (C=O) groups is 1. The molecule has 4 N–H and O–H groups in total. The Hall–Kier alpha value is -1.81. The summed E-state index contributed by atoms with van der Waals surface area (Å²) in [5.74, 6) is -2.76. The number of alkyl halides is 6. The minimum absolute atomic E-state index is 0.280. The summed E-state index contributed by atoms with van der Waals surface area (Å²) in [6.07, 6.45) is -9.45. The van der Waals surface area contributed by atoms with Gasteiger partial charge in [-0.25, -0.2) is 4.79 Å². The van der Waals surface area contributed by atoms with Gasteiger partial charge in [-0.2, -0.15) is 26.3 Å². The second kappa shape index (κ2) is 7.27. The molecule has 1 aromatic rings. The number of benzene rings is 1. The van der Waals surface area contributed by atoms with Crippen LogP contribution in [0.4, 0.5) is 26.3 Å². The number of aliphatic hydroxyl groups excluding tert-OH is 1. The second-order valence-corrected chi connectivity index (χ2v) is 3.72. The molecule has 0 aliphatic carbocycles. The molecule has 21 heavy (non-hydrogen) atoms. The number of rotatable bonds is 2. The highest BCUT2D eigenvalue weighted by Gasteiger charge is 2.38. The second-order valence-electron chi connectivity index (χ2n) is 3.72. The Morgan fingerprint density at radius 2 is 1.67 bits per heavy atom. The zero-order valence-corrected chi connectivity index (χ0v) is 10.2. The molecule has 1 unspecified atom stereocenters. The summed E-state index contributed by atoms with van der Waals surface area (Å²) in [6, 6.07) is 3.87. The van der Waals surface area contributed by atoms with Crippen molar-refractivity contribution in [2.24, 2.45) is 5.73 Å². The number of hydrogen-bond donors (Lipinski definition) is 3. The van der Waals surface area contributed by atoms with E-state index in [1.54, 1.807) is 0 Å². The van der Waals surface area contributed by atoms with Crippen LogP contribution in [0.2, 0.25) is 0 Å². The van der Waals surface area contributed by atoms with Gasteiger partial charge >= 0.3 is 18.3 Å². The van der Waals surface area contributed by atoms with Crippen LogP contribution < -0.4 is 5.73 Å². The standard InChI is InChI=1S/C9H10F3NO.C2HF3O2/c10-9(11,12)7-3-1-2-6(4-7)8(13)5-14;3-2(4,5)1(6)7/h1-4,8,14H,5,13H2;(H,6,7). The van der Waals surface area contributed by atoms with Gasteiger partial charge in [-0.05, 0) is 17.7 Å². The lowest BCUT2D eigenvalue weighted by Crippen LogP contribution is -2.21. The van der Waals surface area contributed by atoms with Crippen LogP contribution in [0, 0.1) is 0 Å². The van der Waals surface area contributed by atoms with Gasteiger partial charge in [0.05, 0.1) is 18.2 Å². The number of carboxylic acid groups (broad SMARTS) is 1. The fourth-order valence-electron chi connectivity index (χ4n) is 1.05. The van der Waals surface area contributed by atoms with Gasteiger partial charge < -0.3 is 15.9 Å². The highest BCUT2D eigenvalue weighted by Crippen LogP contribution is 2.30. The molecule has 0 aliphatic heterocycles. The largest absolute Gasteiger partial charge is 0.490 e. The summed E-state index contributed by atoms with van der Waals surface area (Å²) < 4.78 is 68.4. The molecule has 0 saturated heterocycles. The van der Waals surface area contributed by atoms with Crippen molar-refractivity contribution in [3.63, 3.8) is 0 Å². The Kier molecular flexibility index (Phi) is 6.64. The van der Waals surface area contributed by atoms with Gasteiger partial charge in [0.15, 0.2) is 0 Å². The van der Waals surface area contributed by atoms with Gasteiger partial charge in [0.2, 0.25) is 0 Å². The first-order chi connectivity index (χ1) is 9.39. The summed E-state index contributed by atoms with van der Waals surface area (Å²) in [5, 5.41) is 15.8. The van der Waals surface area contributed by atoms with Crippen LogP contribution in [0.25, 0.3) is 0 Å². The van der Waals surface area contributed by atoms with Crippen LogP contribution in [0.5, 0.6) is 0 Å². The third kappa shape index (κ3) is 6.95. The summed E-state index contributed by atoms with van der Waals surface area (Å²) in [6.45, 7) is -0.374. The lowest BCUT2D eigenvalue weighted by atomic mass is 10.1. The Morgan fingerprint density at radius 1 is 1.19 bits per heavy atom. The van der Waals surface area contributed by atoms with Crippen molar-refractivity contribution in [1.29, 1.82) is 0 Å². The maximum absolute atomic E-state index is 12.2. The molecule has 0 amide bonds. The lowest BCUT2D eigenvalue weighted by molar-refractivity contribution is -0.192. The van der Waals surface area contributed by atoms with Crippen molar-refractivity contribution < 1.29 is 41.4 Å². The first-order valence-electron chi connectivity index (χ1n) is 5.23. The van der Waals surface area contributed by atoms with Crippen molar-refractivity contribution in [2.75, 3.05) is 6.61 Å². The smallest absolute Gasteiger partial charge is 0.475 e. The molecule has 10 heteroatoms. The molecule has 0 heterocycles. The van der Waals surface area contributed by atoms with E-state index in [0.29, 0.717) is 0 Å². The Bertz CT molecular complexity index is 472. The van der Waals surface area contributed by atoms with Crippen molar-refractivity contribution >= 4 is 5.97 Å². The van der Waals surface area contributed by atoms with Crippen LogP contribution in [0.1, 0.15) is 17.2 Å². The molecule has 0 aliphatic rings. The normalized spacial score (nSPS) is 13.1. The fraction of sp³-hybridized carbons (Fsp3) is 0.364. The number of halogens is 6. The quantitative estimate of drug-likeness (QED) is 0.731. The molecule has 120 valence electrons. The van der Waals surface area contributed by atoms with Crippen molar-refractivity contribution in [3.8, 4) is 0 Å². The first kappa shape index (κ1) is 19.2. The predicted molar refractivity (Wildman–Crippen MR) is 59.1 cm³/mol. The van der Waals surface area contributed by atoms with E-state index in [4.69, 9.17) is 20.7 Å². The van der Waals surface area contributed by atoms with Crippen LogP contribution in [0.3, 0.4) is 0 Å². The minimum Gasteiger partial charge on any atom is -0.475 e. The van der Waals surface area contributed by atoms with E-state index in [0.717, 1.165) is 12.1 Å². The molecule has 0 spiro atoms. The summed E-state index contributed by atoms with van der Waals surface area (Å²) in [4.78, 5) is 8.90. The molecule has 1 aromatic carbocycles. The lowest BCUT2D eigenvalue weighted by Gasteiger charge is -2.11. The molecule has 1 rings (SSSR count).